The molecular formula is C13H19NO3S. The molecule has 1 fully saturated rings. The lowest BCUT2D eigenvalue weighted by molar-refractivity contribution is 0.282. The van der Waals surface area contributed by atoms with E-state index >= 15 is 0 Å². The number of benzene rings is 1. The molecule has 0 aliphatic carbocycles. The van der Waals surface area contributed by atoms with Crippen LogP contribution >= 0.6 is 0 Å². The van der Waals surface area contributed by atoms with Gasteiger partial charge in [-0.2, -0.15) is 0 Å². The number of nitrogens with one attached hydrogen (secondary N) is 1. The summed E-state index contributed by atoms with van der Waals surface area (Å²) in [5.74, 6) is 0.599. The van der Waals surface area contributed by atoms with Crippen LogP contribution in [-0.2, 0) is 23.0 Å². The summed E-state index contributed by atoms with van der Waals surface area (Å²) in [7, 11) is -2.78. The predicted molar refractivity (Wildman–Crippen MR) is 70.9 cm³/mol. The maximum absolute atomic E-state index is 11.3. The molecule has 1 saturated heterocycles. The van der Waals surface area contributed by atoms with E-state index in [-0.39, 0.29) is 6.61 Å². The van der Waals surface area contributed by atoms with Crippen molar-refractivity contribution in [2.24, 2.45) is 0 Å². The van der Waals surface area contributed by atoms with E-state index in [2.05, 4.69) is 5.32 Å². The number of hydrogen-bond donors (Lipinski definition) is 2. The average Bonchev–Trinajstić information content (AvgIpc) is 2.38. The first-order valence-electron chi connectivity index (χ1n) is 6.21. The predicted octanol–water partition coefficient (Wildman–Crippen LogP) is 0.846. The van der Waals surface area contributed by atoms with Crippen molar-refractivity contribution in [3.05, 3.63) is 35.4 Å². The Morgan fingerprint density at radius 3 is 2.22 bits per heavy atom. The molecule has 0 radical (unpaired) electrons. The molecule has 0 aromatic heterocycles. The maximum atomic E-state index is 11.3. The van der Waals surface area contributed by atoms with Crippen LogP contribution in [0, 0.1) is 0 Å². The van der Waals surface area contributed by atoms with Crippen molar-refractivity contribution in [3.63, 3.8) is 0 Å². The Morgan fingerprint density at radius 2 is 1.67 bits per heavy atom. The van der Waals surface area contributed by atoms with E-state index in [1.807, 2.05) is 24.3 Å². The molecule has 0 bridgehead atoms. The van der Waals surface area contributed by atoms with Gasteiger partial charge in [0.2, 0.25) is 0 Å². The second-order valence-corrected chi connectivity index (χ2v) is 7.09. The standard InChI is InChI=1S/C13H19NO3S/c15-10-12-3-1-11(2-4-12)9-14-13-5-7-18(16,17)8-6-13/h1-4,13-15H,5-10H2. The molecule has 5 heteroatoms. The van der Waals surface area contributed by atoms with Crippen LogP contribution in [0.3, 0.4) is 0 Å². The summed E-state index contributed by atoms with van der Waals surface area (Å²) in [5, 5.41) is 12.3. The fourth-order valence-electron chi connectivity index (χ4n) is 2.12. The maximum Gasteiger partial charge on any atom is 0.150 e. The van der Waals surface area contributed by atoms with Gasteiger partial charge in [0.1, 0.15) is 9.84 Å². The Labute approximate surface area is 108 Å². The molecular weight excluding hydrogens is 250 g/mol. The molecule has 4 nitrogen and oxygen atoms in total. The lowest BCUT2D eigenvalue weighted by atomic mass is 10.1. The van der Waals surface area contributed by atoms with Crippen molar-refractivity contribution < 1.29 is 13.5 Å². The SMILES string of the molecule is O=S1(=O)CCC(NCc2ccc(CO)cc2)CC1. The topological polar surface area (TPSA) is 66.4 Å². The molecule has 0 spiro atoms. The van der Waals surface area contributed by atoms with Crippen LogP contribution in [0.15, 0.2) is 24.3 Å². The van der Waals surface area contributed by atoms with Crippen LogP contribution in [0.2, 0.25) is 0 Å². The average molecular weight is 269 g/mol. The first-order valence-corrected chi connectivity index (χ1v) is 8.04. The third kappa shape index (κ3) is 3.80. The van der Waals surface area contributed by atoms with Gasteiger partial charge < -0.3 is 10.4 Å². The number of hydrogen-bond acceptors (Lipinski definition) is 4. The summed E-state index contributed by atoms with van der Waals surface area (Å²) in [6, 6.07) is 8.08. The molecule has 1 heterocycles. The number of aliphatic hydroxyl groups is 1. The van der Waals surface area contributed by atoms with E-state index in [0.717, 1.165) is 17.7 Å². The Balaban J connectivity index is 1.81. The highest BCUT2D eigenvalue weighted by atomic mass is 32.2. The van der Waals surface area contributed by atoms with Gasteiger partial charge >= 0.3 is 0 Å². The third-order valence-corrected chi connectivity index (χ3v) is 5.07. The fourth-order valence-corrected chi connectivity index (χ4v) is 3.61. The van der Waals surface area contributed by atoms with Gasteiger partial charge in [0.25, 0.3) is 0 Å². The van der Waals surface area contributed by atoms with E-state index in [9.17, 15) is 8.42 Å². The first kappa shape index (κ1) is 13.5. The molecule has 2 N–H and O–H groups in total. The molecule has 0 atom stereocenters. The quantitative estimate of drug-likeness (QED) is 0.850. The third-order valence-electron chi connectivity index (χ3n) is 3.36. The van der Waals surface area contributed by atoms with Crippen molar-refractivity contribution in [3.8, 4) is 0 Å². The van der Waals surface area contributed by atoms with E-state index in [0.29, 0.717) is 30.4 Å². The molecule has 1 aromatic carbocycles. The highest BCUT2D eigenvalue weighted by Gasteiger charge is 2.22. The Kier molecular flexibility index (Phi) is 4.37. The van der Waals surface area contributed by atoms with Crippen LogP contribution in [0.5, 0.6) is 0 Å². The minimum Gasteiger partial charge on any atom is -0.392 e. The Hall–Kier alpha value is -0.910. The lowest BCUT2D eigenvalue weighted by Crippen LogP contribution is -2.37. The van der Waals surface area contributed by atoms with E-state index in [1.165, 1.54) is 0 Å². The van der Waals surface area contributed by atoms with E-state index in [4.69, 9.17) is 5.11 Å². The minimum atomic E-state index is -2.78. The zero-order valence-corrected chi connectivity index (χ0v) is 11.1. The summed E-state index contributed by atoms with van der Waals surface area (Å²) in [6.07, 6.45) is 1.41. The van der Waals surface area contributed by atoms with Gasteiger partial charge in [0.05, 0.1) is 18.1 Å². The Bertz CT molecular complexity index is 467. The Morgan fingerprint density at radius 1 is 1.11 bits per heavy atom. The van der Waals surface area contributed by atoms with Crippen molar-refractivity contribution in [2.75, 3.05) is 11.5 Å². The van der Waals surface area contributed by atoms with Crippen molar-refractivity contribution >= 4 is 9.84 Å². The molecule has 0 unspecified atom stereocenters. The summed E-state index contributed by atoms with van der Waals surface area (Å²) >= 11 is 0. The van der Waals surface area contributed by atoms with Crippen molar-refractivity contribution in [2.45, 2.75) is 32.0 Å². The zero-order valence-electron chi connectivity index (χ0n) is 10.3. The molecule has 1 aliphatic heterocycles. The van der Waals surface area contributed by atoms with Gasteiger partial charge in [0, 0.05) is 12.6 Å². The second kappa shape index (κ2) is 5.82. The molecule has 0 saturated carbocycles. The molecule has 100 valence electrons. The van der Waals surface area contributed by atoms with Gasteiger partial charge in [0.15, 0.2) is 0 Å². The van der Waals surface area contributed by atoms with Gasteiger partial charge in [-0.3, -0.25) is 0 Å². The van der Waals surface area contributed by atoms with E-state index < -0.39 is 9.84 Å². The summed E-state index contributed by atoms with van der Waals surface area (Å²) in [4.78, 5) is 0. The van der Waals surface area contributed by atoms with Crippen LogP contribution in [0.1, 0.15) is 24.0 Å². The van der Waals surface area contributed by atoms with Crippen molar-refractivity contribution in [1.82, 2.24) is 5.32 Å². The van der Waals surface area contributed by atoms with Crippen LogP contribution < -0.4 is 5.32 Å². The van der Waals surface area contributed by atoms with Gasteiger partial charge in [-0.1, -0.05) is 24.3 Å². The molecule has 2 rings (SSSR count). The molecule has 0 amide bonds. The van der Waals surface area contributed by atoms with Gasteiger partial charge in [-0.15, -0.1) is 0 Å². The van der Waals surface area contributed by atoms with E-state index in [1.54, 1.807) is 0 Å². The zero-order chi connectivity index (χ0) is 13.0. The summed E-state index contributed by atoms with van der Waals surface area (Å²) in [5.41, 5.74) is 2.06. The normalized spacial score (nSPS) is 19.8. The summed E-state index contributed by atoms with van der Waals surface area (Å²) in [6.45, 7) is 0.810. The molecule has 1 aliphatic rings. The number of sulfone groups is 1. The lowest BCUT2D eigenvalue weighted by Gasteiger charge is -2.23. The number of aliphatic hydroxyl groups excluding tert-OH is 1. The highest BCUT2D eigenvalue weighted by Crippen LogP contribution is 2.13. The van der Waals surface area contributed by atoms with Crippen LogP contribution in [-0.4, -0.2) is 31.1 Å². The second-order valence-electron chi connectivity index (χ2n) is 4.78. The van der Waals surface area contributed by atoms with Crippen LogP contribution in [0.4, 0.5) is 0 Å². The van der Waals surface area contributed by atoms with Gasteiger partial charge in [-0.05, 0) is 24.0 Å². The van der Waals surface area contributed by atoms with Crippen LogP contribution in [0.25, 0.3) is 0 Å². The monoisotopic (exact) mass is 269 g/mol. The highest BCUT2D eigenvalue weighted by molar-refractivity contribution is 7.91. The first-order chi connectivity index (χ1) is 8.59. The fraction of sp³-hybridized carbons (Fsp3) is 0.538. The molecule has 18 heavy (non-hydrogen) atoms. The number of rotatable bonds is 4. The largest absolute Gasteiger partial charge is 0.392 e. The smallest absolute Gasteiger partial charge is 0.150 e. The van der Waals surface area contributed by atoms with Gasteiger partial charge in [-0.25, -0.2) is 8.42 Å². The minimum absolute atomic E-state index is 0.0637. The van der Waals surface area contributed by atoms with Crippen molar-refractivity contribution in [1.29, 1.82) is 0 Å². The summed E-state index contributed by atoms with van der Waals surface area (Å²) < 4.78 is 22.6. The molecule has 1 aromatic rings.